The molecular weight excluding hydrogens is 384 g/mol. The molecule has 0 fully saturated rings. The lowest BCUT2D eigenvalue weighted by molar-refractivity contribution is -0.149. The van der Waals surface area contributed by atoms with Crippen LogP contribution >= 0.6 is 0 Å². The van der Waals surface area contributed by atoms with Crippen molar-refractivity contribution in [1.82, 2.24) is 9.88 Å². The molecule has 2 aromatic carbocycles. The van der Waals surface area contributed by atoms with Crippen LogP contribution in [-0.2, 0) is 29.5 Å². The fourth-order valence-electron chi connectivity index (χ4n) is 3.47. The highest BCUT2D eigenvalue weighted by Crippen LogP contribution is 2.22. The Labute approximate surface area is 175 Å². The summed E-state index contributed by atoms with van der Waals surface area (Å²) in [5.41, 5.74) is 3.11. The molecule has 3 rings (SSSR count). The average molecular weight is 410 g/mol. The number of carboxylic acids is 1. The van der Waals surface area contributed by atoms with Gasteiger partial charge in [-0.25, -0.2) is 4.79 Å². The van der Waals surface area contributed by atoms with Crippen molar-refractivity contribution < 1.29 is 24.2 Å². The molecule has 1 aromatic heterocycles. The van der Waals surface area contributed by atoms with Crippen LogP contribution in [-0.4, -0.2) is 41.4 Å². The third-order valence-corrected chi connectivity index (χ3v) is 5.05. The van der Waals surface area contributed by atoms with E-state index in [9.17, 15) is 14.7 Å². The number of amides is 1. The van der Waals surface area contributed by atoms with Gasteiger partial charge in [0.1, 0.15) is 5.75 Å². The number of carbonyl (C=O) groups is 2. The Balaban J connectivity index is 1.78. The molecule has 158 valence electrons. The molecule has 3 aromatic rings. The van der Waals surface area contributed by atoms with E-state index in [1.165, 1.54) is 7.11 Å². The second-order valence-electron chi connectivity index (χ2n) is 6.96. The third kappa shape index (κ3) is 4.63. The molecule has 0 bridgehead atoms. The van der Waals surface area contributed by atoms with Crippen molar-refractivity contribution in [1.29, 1.82) is 0 Å². The van der Waals surface area contributed by atoms with Gasteiger partial charge < -0.3 is 24.5 Å². The van der Waals surface area contributed by atoms with Gasteiger partial charge in [-0.3, -0.25) is 4.79 Å². The quantitative estimate of drug-likeness (QED) is 0.566. The fourth-order valence-corrected chi connectivity index (χ4v) is 3.47. The van der Waals surface area contributed by atoms with Crippen molar-refractivity contribution in [2.24, 2.45) is 7.05 Å². The number of benzene rings is 2. The number of fused-ring (bicyclic) bond motifs is 1. The molecule has 0 radical (unpaired) electrons. The zero-order valence-corrected chi connectivity index (χ0v) is 17.3. The second kappa shape index (κ2) is 9.45. The Bertz CT molecular complexity index is 1060. The first-order valence-electron chi connectivity index (χ1n) is 9.77. The van der Waals surface area contributed by atoms with Gasteiger partial charge in [0.25, 0.3) is 5.91 Å². The molecule has 0 saturated carbocycles. The first kappa shape index (κ1) is 21.4. The normalized spacial score (nSPS) is 12.0. The number of rotatable bonds is 9. The standard InChI is InChI=1S/C23H26N2O5/c1-4-30-21(23(27)28)12-15-9-10-20(29-3)18(11-15)22(26)24-14-17-13-16-7-5-6-8-19(16)25(17)2/h5-11,13,21H,4,12,14H2,1-3H3,(H,24,26)(H,27,28). The van der Waals surface area contributed by atoms with Crippen LogP contribution in [0, 0.1) is 0 Å². The number of aryl methyl sites for hydroxylation is 1. The Kier molecular flexibility index (Phi) is 6.74. The van der Waals surface area contributed by atoms with E-state index >= 15 is 0 Å². The van der Waals surface area contributed by atoms with Crippen molar-refractivity contribution in [2.45, 2.75) is 26.0 Å². The highest BCUT2D eigenvalue weighted by atomic mass is 16.5. The maximum absolute atomic E-state index is 12.9. The number of aliphatic carboxylic acids is 1. The predicted molar refractivity (Wildman–Crippen MR) is 114 cm³/mol. The summed E-state index contributed by atoms with van der Waals surface area (Å²) in [6.45, 7) is 2.40. The molecule has 30 heavy (non-hydrogen) atoms. The summed E-state index contributed by atoms with van der Waals surface area (Å²) >= 11 is 0. The van der Waals surface area contributed by atoms with E-state index in [2.05, 4.69) is 5.32 Å². The SMILES string of the molecule is CCOC(Cc1ccc(OC)c(C(=O)NCc2cc3ccccc3n2C)c1)C(=O)O. The number of carboxylic acid groups (broad SMARTS) is 1. The molecule has 0 aliphatic rings. The maximum atomic E-state index is 12.9. The van der Waals surface area contributed by atoms with E-state index in [1.54, 1.807) is 25.1 Å². The predicted octanol–water partition coefficient (Wildman–Crippen LogP) is 3.15. The molecule has 1 unspecified atom stereocenters. The first-order chi connectivity index (χ1) is 14.4. The molecule has 2 N–H and O–H groups in total. The number of aromatic nitrogens is 1. The summed E-state index contributed by atoms with van der Waals surface area (Å²) in [4.78, 5) is 24.2. The van der Waals surface area contributed by atoms with Crippen molar-refractivity contribution in [3.8, 4) is 5.75 Å². The minimum atomic E-state index is -1.03. The van der Waals surface area contributed by atoms with Crippen LogP contribution in [0.5, 0.6) is 5.75 Å². The van der Waals surface area contributed by atoms with Crippen molar-refractivity contribution in [2.75, 3.05) is 13.7 Å². The van der Waals surface area contributed by atoms with Crippen LogP contribution in [0.4, 0.5) is 0 Å². The first-order valence-corrected chi connectivity index (χ1v) is 9.77. The molecule has 1 atom stereocenters. The summed E-state index contributed by atoms with van der Waals surface area (Å²) in [6, 6.07) is 15.1. The lowest BCUT2D eigenvalue weighted by Crippen LogP contribution is -2.27. The van der Waals surface area contributed by atoms with Crippen molar-refractivity contribution >= 4 is 22.8 Å². The largest absolute Gasteiger partial charge is 0.496 e. The Hall–Kier alpha value is -3.32. The number of hydrogen-bond acceptors (Lipinski definition) is 4. The van der Waals surface area contributed by atoms with E-state index in [1.807, 2.05) is 41.9 Å². The van der Waals surface area contributed by atoms with Crippen LogP contribution in [0.2, 0.25) is 0 Å². The zero-order chi connectivity index (χ0) is 21.7. The molecule has 7 nitrogen and oxygen atoms in total. The fraction of sp³-hybridized carbons (Fsp3) is 0.304. The van der Waals surface area contributed by atoms with Gasteiger partial charge >= 0.3 is 5.97 Å². The van der Waals surface area contributed by atoms with Gasteiger partial charge in [-0.2, -0.15) is 0 Å². The molecule has 1 heterocycles. The van der Waals surface area contributed by atoms with Gasteiger partial charge in [0.15, 0.2) is 6.10 Å². The maximum Gasteiger partial charge on any atom is 0.333 e. The topological polar surface area (TPSA) is 89.8 Å². The minimum absolute atomic E-state index is 0.163. The minimum Gasteiger partial charge on any atom is -0.496 e. The Morgan fingerprint density at radius 1 is 1.17 bits per heavy atom. The molecule has 0 saturated heterocycles. The summed E-state index contributed by atoms with van der Waals surface area (Å²) in [5.74, 6) is -0.895. The number of para-hydroxylation sites is 1. The molecule has 0 aliphatic carbocycles. The second-order valence-corrected chi connectivity index (χ2v) is 6.96. The monoisotopic (exact) mass is 410 g/mol. The molecule has 0 aliphatic heterocycles. The Morgan fingerprint density at radius 2 is 1.93 bits per heavy atom. The lowest BCUT2D eigenvalue weighted by Gasteiger charge is -2.15. The van der Waals surface area contributed by atoms with Gasteiger partial charge in [0, 0.05) is 31.3 Å². The van der Waals surface area contributed by atoms with Crippen LogP contribution in [0.25, 0.3) is 10.9 Å². The highest BCUT2D eigenvalue weighted by molar-refractivity contribution is 5.97. The number of hydrogen-bond donors (Lipinski definition) is 2. The summed E-state index contributed by atoms with van der Waals surface area (Å²) in [5, 5.41) is 13.4. The van der Waals surface area contributed by atoms with Crippen LogP contribution < -0.4 is 10.1 Å². The van der Waals surface area contributed by atoms with E-state index in [0.29, 0.717) is 30.0 Å². The molecule has 7 heteroatoms. The van der Waals surface area contributed by atoms with E-state index in [-0.39, 0.29) is 12.3 Å². The van der Waals surface area contributed by atoms with Crippen LogP contribution in [0.1, 0.15) is 28.5 Å². The summed E-state index contributed by atoms with van der Waals surface area (Å²) in [7, 11) is 3.46. The highest BCUT2D eigenvalue weighted by Gasteiger charge is 2.20. The van der Waals surface area contributed by atoms with Crippen LogP contribution in [0.3, 0.4) is 0 Å². The average Bonchev–Trinajstić information content (AvgIpc) is 3.07. The summed E-state index contributed by atoms with van der Waals surface area (Å²) in [6.07, 6.45) is -0.800. The number of methoxy groups -OCH3 is 1. The molecule has 0 spiro atoms. The Morgan fingerprint density at radius 3 is 2.60 bits per heavy atom. The van der Waals surface area contributed by atoms with Gasteiger partial charge in [-0.1, -0.05) is 24.3 Å². The molecule has 1 amide bonds. The van der Waals surface area contributed by atoms with E-state index in [4.69, 9.17) is 9.47 Å². The van der Waals surface area contributed by atoms with E-state index < -0.39 is 12.1 Å². The number of carbonyl (C=O) groups excluding carboxylic acids is 1. The number of nitrogens with one attached hydrogen (secondary N) is 1. The van der Waals surface area contributed by atoms with Crippen molar-refractivity contribution in [3.05, 3.63) is 65.4 Å². The van der Waals surface area contributed by atoms with Crippen molar-refractivity contribution in [3.63, 3.8) is 0 Å². The van der Waals surface area contributed by atoms with Gasteiger partial charge in [0.2, 0.25) is 0 Å². The molecular formula is C23H26N2O5. The number of nitrogens with zero attached hydrogens (tertiary/aromatic N) is 1. The summed E-state index contributed by atoms with van der Waals surface area (Å²) < 4.78 is 12.7. The van der Waals surface area contributed by atoms with Gasteiger partial charge in [-0.15, -0.1) is 0 Å². The lowest BCUT2D eigenvalue weighted by atomic mass is 10.0. The van der Waals surface area contributed by atoms with Gasteiger partial charge in [0.05, 0.1) is 19.2 Å². The number of ether oxygens (including phenoxy) is 2. The zero-order valence-electron chi connectivity index (χ0n) is 17.3. The van der Waals surface area contributed by atoms with E-state index in [0.717, 1.165) is 16.6 Å². The smallest absolute Gasteiger partial charge is 0.333 e. The van der Waals surface area contributed by atoms with Crippen LogP contribution in [0.15, 0.2) is 48.5 Å². The third-order valence-electron chi connectivity index (χ3n) is 5.05. The van der Waals surface area contributed by atoms with Gasteiger partial charge in [-0.05, 0) is 42.1 Å².